The first kappa shape index (κ1) is 16.8. The molecule has 3 unspecified atom stereocenters. The molecule has 1 aromatic carbocycles. The maximum atomic E-state index is 12.6. The van der Waals surface area contributed by atoms with Gasteiger partial charge in [-0.05, 0) is 48.4 Å². The Morgan fingerprint density at radius 3 is 2.90 bits per heavy atom. The van der Waals surface area contributed by atoms with Gasteiger partial charge in [0.25, 0.3) is 0 Å². The molecule has 2 fully saturated rings. The summed E-state index contributed by atoms with van der Waals surface area (Å²) in [5.41, 5.74) is 7.21. The molecule has 1 saturated heterocycles. The van der Waals surface area contributed by atoms with E-state index in [1.54, 1.807) is 0 Å². The van der Waals surface area contributed by atoms with Crippen molar-refractivity contribution in [3.63, 3.8) is 0 Å². The van der Waals surface area contributed by atoms with Crippen LogP contribution in [0.2, 0.25) is 0 Å². The van der Waals surface area contributed by atoms with Gasteiger partial charge in [-0.25, -0.2) is 0 Å². The van der Waals surface area contributed by atoms with Crippen LogP contribution in [-0.4, -0.2) is 30.4 Å². The zero-order valence-corrected chi connectivity index (χ0v) is 14.6. The normalized spacial score (nSPS) is 30.9. The molecule has 116 valence electrons. The van der Waals surface area contributed by atoms with E-state index >= 15 is 0 Å². The fraction of sp³-hybridized carbons (Fsp3) is 0.562. The van der Waals surface area contributed by atoms with Gasteiger partial charge >= 0.3 is 0 Å². The fourth-order valence-corrected chi connectivity index (χ4v) is 3.60. The van der Waals surface area contributed by atoms with Crippen molar-refractivity contribution in [2.45, 2.75) is 25.7 Å². The van der Waals surface area contributed by atoms with Gasteiger partial charge in [-0.2, -0.15) is 0 Å². The van der Waals surface area contributed by atoms with Crippen LogP contribution >= 0.6 is 28.3 Å². The van der Waals surface area contributed by atoms with Crippen LogP contribution < -0.4 is 5.73 Å². The summed E-state index contributed by atoms with van der Waals surface area (Å²) in [7, 11) is 0. The van der Waals surface area contributed by atoms with Crippen LogP contribution in [0.1, 0.15) is 31.2 Å². The number of nitrogens with zero attached hydrogens (tertiary/aromatic N) is 1. The minimum absolute atomic E-state index is 0. The lowest BCUT2D eigenvalue weighted by Gasteiger charge is -2.22. The number of amides is 1. The van der Waals surface area contributed by atoms with Crippen molar-refractivity contribution in [1.82, 2.24) is 4.90 Å². The lowest BCUT2D eigenvalue weighted by molar-refractivity contribution is -0.132. The van der Waals surface area contributed by atoms with Crippen LogP contribution in [0.15, 0.2) is 28.7 Å². The molecule has 1 heterocycles. The number of hydrogen-bond acceptors (Lipinski definition) is 2. The lowest BCUT2D eigenvalue weighted by Crippen LogP contribution is -2.35. The molecule has 2 N–H and O–H groups in total. The number of carbonyl (C=O) groups is 1. The van der Waals surface area contributed by atoms with Crippen molar-refractivity contribution in [2.75, 3.05) is 19.6 Å². The largest absolute Gasteiger partial charge is 0.342 e. The van der Waals surface area contributed by atoms with E-state index in [0.29, 0.717) is 18.4 Å². The highest BCUT2D eigenvalue weighted by Crippen LogP contribution is 2.49. The number of likely N-dealkylation sites (tertiary alicyclic amines) is 1. The molecule has 5 heteroatoms. The predicted octanol–water partition coefficient (Wildman–Crippen LogP) is 3.17. The summed E-state index contributed by atoms with van der Waals surface area (Å²) in [5, 5.41) is 0. The second-order valence-corrected chi connectivity index (χ2v) is 7.44. The highest BCUT2D eigenvalue weighted by atomic mass is 79.9. The summed E-state index contributed by atoms with van der Waals surface area (Å²) in [6.45, 7) is 4.54. The maximum absolute atomic E-state index is 12.6. The third-order valence-electron chi connectivity index (χ3n) is 4.75. The Kier molecular flexibility index (Phi) is 5.01. The van der Waals surface area contributed by atoms with E-state index in [9.17, 15) is 4.79 Å². The quantitative estimate of drug-likeness (QED) is 0.884. The summed E-state index contributed by atoms with van der Waals surface area (Å²) in [5.74, 6) is 0.918. The molecule has 3 rings (SSSR count). The van der Waals surface area contributed by atoms with Gasteiger partial charge in [-0.15, -0.1) is 12.4 Å². The van der Waals surface area contributed by atoms with Crippen molar-refractivity contribution >= 4 is 34.2 Å². The van der Waals surface area contributed by atoms with Crippen molar-refractivity contribution in [3.8, 4) is 0 Å². The zero-order chi connectivity index (χ0) is 14.3. The zero-order valence-electron chi connectivity index (χ0n) is 12.2. The average molecular weight is 374 g/mol. The van der Waals surface area contributed by atoms with Gasteiger partial charge < -0.3 is 10.6 Å². The molecule has 1 amide bonds. The van der Waals surface area contributed by atoms with Crippen LogP contribution in [0, 0.1) is 11.3 Å². The van der Waals surface area contributed by atoms with Crippen molar-refractivity contribution in [2.24, 2.45) is 17.1 Å². The molecule has 21 heavy (non-hydrogen) atoms. The molecular weight excluding hydrogens is 352 g/mol. The Balaban J connectivity index is 0.00000161. The topological polar surface area (TPSA) is 46.3 Å². The number of carbonyl (C=O) groups excluding carboxylic acids is 1. The Morgan fingerprint density at radius 2 is 2.29 bits per heavy atom. The highest BCUT2D eigenvalue weighted by Gasteiger charge is 2.48. The van der Waals surface area contributed by atoms with E-state index in [2.05, 4.69) is 35.0 Å². The predicted molar refractivity (Wildman–Crippen MR) is 90.6 cm³/mol. The maximum Gasteiger partial charge on any atom is 0.226 e. The molecule has 0 bridgehead atoms. The number of nitrogens with two attached hydrogens (primary N) is 1. The van der Waals surface area contributed by atoms with Crippen LogP contribution in [0.25, 0.3) is 0 Å². The molecule has 1 aromatic rings. The lowest BCUT2D eigenvalue weighted by atomic mass is 9.90. The van der Waals surface area contributed by atoms with E-state index in [4.69, 9.17) is 5.73 Å². The van der Waals surface area contributed by atoms with Crippen molar-refractivity contribution < 1.29 is 4.79 Å². The third-order valence-corrected chi connectivity index (χ3v) is 5.24. The number of hydrogen-bond donors (Lipinski definition) is 1. The van der Waals surface area contributed by atoms with E-state index < -0.39 is 0 Å². The van der Waals surface area contributed by atoms with Crippen LogP contribution in [-0.2, 0) is 4.79 Å². The number of rotatable bonds is 3. The first-order chi connectivity index (χ1) is 9.52. The standard InChI is InChI=1S/C16H21BrN2O.ClH/c1-16(9-18)5-6-19(10-16)15(20)14-8-13(14)11-3-2-4-12(17)7-11;/h2-4,7,13-14H,5-6,8-10,18H2,1H3;1H. The van der Waals surface area contributed by atoms with Gasteiger partial charge in [0.05, 0.1) is 0 Å². The third kappa shape index (κ3) is 3.43. The minimum atomic E-state index is 0. The summed E-state index contributed by atoms with van der Waals surface area (Å²) < 4.78 is 1.09. The van der Waals surface area contributed by atoms with Crippen LogP contribution in [0.3, 0.4) is 0 Å². The van der Waals surface area contributed by atoms with Gasteiger partial charge in [-0.3, -0.25) is 4.79 Å². The molecule has 3 atom stereocenters. The second kappa shape index (κ2) is 6.27. The molecule has 1 aliphatic heterocycles. The Morgan fingerprint density at radius 1 is 1.52 bits per heavy atom. The summed E-state index contributed by atoms with van der Waals surface area (Å²) in [4.78, 5) is 14.6. The minimum Gasteiger partial charge on any atom is -0.342 e. The van der Waals surface area contributed by atoms with Gasteiger partial charge in [-0.1, -0.05) is 35.0 Å². The highest BCUT2D eigenvalue weighted by molar-refractivity contribution is 9.10. The van der Waals surface area contributed by atoms with Gasteiger partial charge in [0.1, 0.15) is 0 Å². The van der Waals surface area contributed by atoms with Crippen LogP contribution in [0.4, 0.5) is 0 Å². The molecule has 1 aliphatic carbocycles. The molecule has 1 saturated carbocycles. The Hall–Kier alpha value is -0.580. The summed E-state index contributed by atoms with van der Waals surface area (Å²) >= 11 is 3.50. The molecule has 3 nitrogen and oxygen atoms in total. The second-order valence-electron chi connectivity index (χ2n) is 6.53. The van der Waals surface area contributed by atoms with Crippen molar-refractivity contribution in [1.29, 1.82) is 0 Å². The SMILES string of the molecule is CC1(CN)CCN(C(=O)C2CC2c2cccc(Br)c2)C1.Cl. The van der Waals surface area contributed by atoms with Gasteiger partial charge in [0.15, 0.2) is 0 Å². The molecule has 2 aliphatic rings. The van der Waals surface area contributed by atoms with E-state index in [0.717, 1.165) is 30.4 Å². The average Bonchev–Trinajstić information content (AvgIpc) is 3.15. The number of benzene rings is 1. The smallest absolute Gasteiger partial charge is 0.226 e. The summed E-state index contributed by atoms with van der Waals surface area (Å²) in [6.07, 6.45) is 2.02. The van der Waals surface area contributed by atoms with Gasteiger partial charge in [0.2, 0.25) is 5.91 Å². The summed E-state index contributed by atoms with van der Waals surface area (Å²) in [6, 6.07) is 8.32. The van der Waals surface area contributed by atoms with Crippen LogP contribution in [0.5, 0.6) is 0 Å². The molecular formula is C16H22BrClN2O. The number of halogens is 2. The Bertz CT molecular complexity index is 539. The molecule has 0 aromatic heterocycles. The van der Waals surface area contributed by atoms with E-state index in [-0.39, 0.29) is 23.7 Å². The van der Waals surface area contributed by atoms with Gasteiger partial charge in [0, 0.05) is 23.5 Å². The fourth-order valence-electron chi connectivity index (χ4n) is 3.19. The monoisotopic (exact) mass is 372 g/mol. The van der Waals surface area contributed by atoms with Crippen molar-refractivity contribution in [3.05, 3.63) is 34.3 Å². The molecule has 0 spiro atoms. The molecule has 0 radical (unpaired) electrons. The van der Waals surface area contributed by atoms with E-state index in [1.165, 1.54) is 5.56 Å². The first-order valence-electron chi connectivity index (χ1n) is 7.27. The van der Waals surface area contributed by atoms with E-state index in [1.807, 2.05) is 17.0 Å². The Labute approximate surface area is 140 Å². The first-order valence-corrected chi connectivity index (χ1v) is 8.06.